The van der Waals surface area contributed by atoms with Crippen molar-refractivity contribution in [2.75, 3.05) is 23.9 Å². The van der Waals surface area contributed by atoms with Crippen LogP contribution in [-0.4, -0.2) is 29.9 Å². The number of ether oxygens (including phenoxy) is 2. The monoisotopic (exact) mass is 582 g/mol. The second kappa shape index (κ2) is 11.3. The fraction of sp³-hybridized carbons (Fsp3) is 0.148. The second-order valence-electron chi connectivity index (χ2n) is 8.01. The number of nitrogens with zero attached hydrogens (tertiary/aromatic N) is 1. The number of nitrogens with one attached hydrogen (secondary N) is 1. The van der Waals surface area contributed by atoms with Gasteiger partial charge < -0.3 is 14.8 Å². The van der Waals surface area contributed by atoms with Crippen LogP contribution in [0.5, 0.6) is 11.5 Å². The van der Waals surface area contributed by atoms with Crippen molar-refractivity contribution < 1.29 is 19.1 Å². The number of benzene rings is 3. The molecule has 2 amide bonds. The largest absolute Gasteiger partial charge is 0.493 e. The van der Waals surface area contributed by atoms with Crippen molar-refractivity contribution in [3.8, 4) is 11.5 Å². The van der Waals surface area contributed by atoms with E-state index in [1.165, 1.54) is 18.9 Å². The number of para-hydroxylation sites is 1. The molecule has 4 rings (SSSR count). The molecule has 1 fully saturated rings. The van der Waals surface area contributed by atoms with E-state index < -0.39 is 0 Å². The van der Waals surface area contributed by atoms with Crippen molar-refractivity contribution in [3.05, 3.63) is 86.7 Å². The topological polar surface area (TPSA) is 67.9 Å². The molecule has 0 aliphatic carbocycles. The molecule has 0 aromatic heterocycles. The van der Waals surface area contributed by atoms with Crippen LogP contribution in [0.25, 0.3) is 6.08 Å². The predicted octanol–water partition coefficient (Wildman–Crippen LogP) is 6.50. The first-order chi connectivity index (χ1) is 17.3. The van der Waals surface area contributed by atoms with Crippen LogP contribution in [0.1, 0.15) is 16.7 Å². The van der Waals surface area contributed by atoms with Gasteiger partial charge in [0.15, 0.2) is 22.4 Å². The quantitative estimate of drug-likeness (QED) is 0.253. The van der Waals surface area contributed by atoms with Crippen LogP contribution in [-0.2, 0) is 9.59 Å². The highest BCUT2D eigenvalue weighted by Crippen LogP contribution is 2.38. The Kier molecular flexibility index (Phi) is 8.13. The van der Waals surface area contributed by atoms with E-state index in [4.69, 9.17) is 21.7 Å². The molecule has 1 saturated heterocycles. The molecule has 3 aromatic rings. The Morgan fingerprint density at radius 2 is 1.86 bits per heavy atom. The zero-order valence-electron chi connectivity index (χ0n) is 19.8. The molecule has 184 valence electrons. The Hall–Kier alpha value is -3.14. The third-order valence-electron chi connectivity index (χ3n) is 5.44. The summed E-state index contributed by atoms with van der Waals surface area (Å²) >= 11 is 10.2. The van der Waals surface area contributed by atoms with Crippen molar-refractivity contribution in [1.82, 2.24) is 0 Å². The first kappa shape index (κ1) is 25.9. The number of thioether (sulfide) groups is 1. The lowest BCUT2D eigenvalue weighted by atomic mass is 10.1. The van der Waals surface area contributed by atoms with Crippen LogP contribution in [0.3, 0.4) is 0 Å². The van der Waals surface area contributed by atoms with Crippen molar-refractivity contribution in [1.29, 1.82) is 0 Å². The summed E-state index contributed by atoms with van der Waals surface area (Å²) in [5, 5.41) is 2.82. The van der Waals surface area contributed by atoms with Crippen molar-refractivity contribution in [2.24, 2.45) is 0 Å². The number of thiocarbonyl (C=S) groups is 1. The molecule has 1 heterocycles. The fourth-order valence-electron chi connectivity index (χ4n) is 3.60. The SMILES string of the molecule is COc1cc(/C=C2\SC(=S)N(c3ccccc3C)C2=O)ccc1OCC(=O)Nc1ccc(Br)c(C)c1. The number of hydrogen-bond acceptors (Lipinski definition) is 6. The van der Waals surface area contributed by atoms with Crippen molar-refractivity contribution in [3.63, 3.8) is 0 Å². The predicted molar refractivity (Wildman–Crippen MR) is 153 cm³/mol. The standard InChI is InChI=1S/C27H23BrN2O4S2/c1-16-6-4-5-7-21(16)30-26(32)24(36-27(30)35)14-18-8-11-22(23(13-18)33-3)34-15-25(31)29-19-9-10-20(28)17(2)12-19/h4-14H,15H2,1-3H3,(H,29,31)/b24-14-. The van der Waals surface area contributed by atoms with E-state index in [0.29, 0.717) is 26.4 Å². The summed E-state index contributed by atoms with van der Waals surface area (Å²) in [6, 6.07) is 18.5. The number of anilines is 2. The number of rotatable bonds is 7. The molecular formula is C27H23BrN2O4S2. The first-order valence-electron chi connectivity index (χ1n) is 11.0. The maximum absolute atomic E-state index is 13.1. The zero-order chi connectivity index (χ0) is 25.8. The van der Waals surface area contributed by atoms with Gasteiger partial charge >= 0.3 is 0 Å². The van der Waals surface area contributed by atoms with Crippen molar-refractivity contribution >= 4 is 73.5 Å². The number of carbonyl (C=O) groups is 2. The highest BCUT2D eigenvalue weighted by molar-refractivity contribution is 9.10. The average Bonchev–Trinajstić information content (AvgIpc) is 3.13. The maximum atomic E-state index is 13.1. The van der Waals surface area contributed by atoms with E-state index >= 15 is 0 Å². The molecule has 0 unspecified atom stereocenters. The number of hydrogen-bond donors (Lipinski definition) is 1. The molecule has 0 radical (unpaired) electrons. The van der Waals surface area contributed by atoms with Crippen LogP contribution >= 0.6 is 39.9 Å². The van der Waals surface area contributed by atoms with Crippen LogP contribution in [0.4, 0.5) is 11.4 Å². The third kappa shape index (κ3) is 5.80. The van der Waals surface area contributed by atoms with Gasteiger partial charge in [0.2, 0.25) is 0 Å². The molecule has 6 nitrogen and oxygen atoms in total. The fourth-order valence-corrected chi connectivity index (χ4v) is 5.13. The minimum absolute atomic E-state index is 0.168. The van der Waals surface area contributed by atoms with E-state index in [9.17, 15) is 9.59 Å². The van der Waals surface area contributed by atoms with Gasteiger partial charge in [0, 0.05) is 10.2 Å². The normalized spacial score (nSPS) is 14.3. The average molecular weight is 584 g/mol. The molecule has 1 aliphatic heterocycles. The van der Waals surface area contributed by atoms with E-state index in [-0.39, 0.29) is 18.4 Å². The number of amides is 2. The van der Waals surface area contributed by atoms with Gasteiger partial charge in [-0.05, 0) is 73.0 Å². The molecule has 1 N–H and O–H groups in total. The van der Waals surface area contributed by atoms with E-state index in [0.717, 1.165) is 26.9 Å². The van der Waals surface area contributed by atoms with Gasteiger partial charge in [0.1, 0.15) is 0 Å². The molecule has 0 spiro atoms. The number of methoxy groups -OCH3 is 1. The summed E-state index contributed by atoms with van der Waals surface area (Å²) in [6.45, 7) is 3.71. The van der Waals surface area contributed by atoms with Crippen LogP contribution in [0, 0.1) is 13.8 Å². The third-order valence-corrected chi connectivity index (χ3v) is 7.63. The summed E-state index contributed by atoms with van der Waals surface area (Å²) in [7, 11) is 1.52. The Morgan fingerprint density at radius 1 is 1.08 bits per heavy atom. The first-order valence-corrected chi connectivity index (χ1v) is 13.0. The number of carbonyl (C=O) groups excluding carboxylic acids is 2. The molecular weight excluding hydrogens is 560 g/mol. The van der Waals surface area contributed by atoms with E-state index in [1.807, 2.05) is 56.3 Å². The Morgan fingerprint density at radius 3 is 2.58 bits per heavy atom. The van der Waals surface area contributed by atoms with Crippen LogP contribution < -0.4 is 19.7 Å². The Balaban J connectivity index is 1.45. The summed E-state index contributed by atoms with van der Waals surface area (Å²) in [5.41, 5.74) is 4.20. The van der Waals surface area contributed by atoms with E-state index in [1.54, 1.807) is 29.2 Å². The number of halogens is 1. The number of aryl methyl sites for hydroxylation is 2. The Bertz CT molecular complexity index is 1390. The Labute approximate surface area is 227 Å². The minimum Gasteiger partial charge on any atom is -0.493 e. The summed E-state index contributed by atoms with van der Waals surface area (Å²) in [6.07, 6.45) is 1.77. The van der Waals surface area contributed by atoms with Gasteiger partial charge in [-0.25, -0.2) is 0 Å². The van der Waals surface area contributed by atoms with Gasteiger partial charge in [-0.2, -0.15) is 0 Å². The smallest absolute Gasteiger partial charge is 0.270 e. The zero-order valence-corrected chi connectivity index (χ0v) is 23.1. The van der Waals surface area contributed by atoms with Crippen molar-refractivity contribution in [2.45, 2.75) is 13.8 Å². The van der Waals surface area contributed by atoms with Gasteiger partial charge in [-0.1, -0.05) is 64.2 Å². The summed E-state index contributed by atoms with van der Waals surface area (Å²) in [5.74, 6) is 0.413. The van der Waals surface area contributed by atoms with Crippen LogP contribution in [0.15, 0.2) is 70.0 Å². The molecule has 0 saturated carbocycles. The molecule has 0 bridgehead atoms. The minimum atomic E-state index is -0.289. The van der Waals surface area contributed by atoms with Gasteiger partial charge in [0.25, 0.3) is 11.8 Å². The lowest BCUT2D eigenvalue weighted by Crippen LogP contribution is -2.28. The molecule has 1 aliphatic rings. The van der Waals surface area contributed by atoms with Crippen LogP contribution in [0.2, 0.25) is 0 Å². The molecule has 0 atom stereocenters. The van der Waals surface area contributed by atoms with Gasteiger partial charge in [-0.15, -0.1) is 0 Å². The second-order valence-corrected chi connectivity index (χ2v) is 10.5. The highest BCUT2D eigenvalue weighted by atomic mass is 79.9. The highest BCUT2D eigenvalue weighted by Gasteiger charge is 2.34. The maximum Gasteiger partial charge on any atom is 0.270 e. The molecule has 3 aromatic carbocycles. The molecule has 9 heteroatoms. The summed E-state index contributed by atoms with van der Waals surface area (Å²) < 4.78 is 12.6. The van der Waals surface area contributed by atoms with Gasteiger partial charge in [0.05, 0.1) is 17.7 Å². The van der Waals surface area contributed by atoms with E-state index in [2.05, 4.69) is 21.2 Å². The lowest BCUT2D eigenvalue weighted by Gasteiger charge is -2.16. The lowest BCUT2D eigenvalue weighted by molar-refractivity contribution is -0.118. The van der Waals surface area contributed by atoms with Gasteiger partial charge in [-0.3, -0.25) is 14.5 Å². The molecule has 36 heavy (non-hydrogen) atoms. The summed E-state index contributed by atoms with van der Waals surface area (Å²) in [4.78, 5) is 27.5.